The lowest BCUT2D eigenvalue weighted by atomic mass is 10.0. The Hall–Kier alpha value is -1.39. The lowest BCUT2D eigenvalue weighted by Crippen LogP contribution is -2.34. The van der Waals surface area contributed by atoms with Crippen molar-refractivity contribution in [2.45, 2.75) is 32.9 Å². The van der Waals surface area contributed by atoms with Crippen molar-refractivity contribution in [2.24, 2.45) is 17.4 Å². The lowest BCUT2D eigenvalue weighted by molar-refractivity contribution is 0.0789. The van der Waals surface area contributed by atoms with Crippen LogP contribution in [0.4, 0.5) is 0 Å². The number of amides is 1. The zero-order valence-corrected chi connectivity index (χ0v) is 12.1. The Bertz CT molecular complexity index is 400. The van der Waals surface area contributed by atoms with Crippen LogP contribution in [-0.2, 0) is 6.54 Å². The highest BCUT2D eigenvalue weighted by Crippen LogP contribution is 2.09. The van der Waals surface area contributed by atoms with Crippen molar-refractivity contribution in [2.75, 3.05) is 13.6 Å². The van der Waals surface area contributed by atoms with Crippen LogP contribution in [0.3, 0.4) is 0 Å². The van der Waals surface area contributed by atoms with Crippen LogP contribution >= 0.6 is 0 Å². The Labute approximate surface area is 115 Å². The Morgan fingerprint density at radius 2 is 1.84 bits per heavy atom. The van der Waals surface area contributed by atoms with E-state index in [1.807, 2.05) is 31.3 Å². The summed E-state index contributed by atoms with van der Waals surface area (Å²) in [4.78, 5) is 13.9. The fourth-order valence-corrected chi connectivity index (χ4v) is 1.78. The molecule has 1 aromatic rings. The number of benzene rings is 1. The zero-order chi connectivity index (χ0) is 14.4. The molecule has 1 atom stereocenters. The SMILES string of the molecule is CC(C)C(N)CCN(C)C(=O)c1ccc(CN)cc1. The smallest absolute Gasteiger partial charge is 0.253 e. The number of nitrogens with two attached hydrogens (primary N) is 2. The molecule has 0 aromatic heterocycles. The van der Waals surface area contributed by atoms with Gasteiger partial charge in [-0.25, -0.2) is 0 Å². The molecular formula is C15H25N3O. The molecule has 0 bridgehead atoms. The first-order valence-corrected chi connectivity index (χ1v) is 6.75. The first-order chi connectivity index (χ1) is 8.95. The second-order valence-corrected chi connectivity index (χ2v) is 5.32. The molecule has 1 amide bonds. The summed E-state index contributed by atoms with van der Waals surface area (Å²) in [5.74, 6) is 0.465. The number of carbonyl (C=O) groups excluding carboxylic acids is 1. The maximum Gasteiger partial charge on any atom is 0.253 e. The van der Waals surface area contributed by atoms with Crippen LogP contribution in [0, 0.1) is 5.92 Å². The summed E-state index contributed by atoms with van der Waals surface area (Å²) in [6, 6.07) is 7.56. The van der Waals surface area contributed by atoms with Gasteiger partial charge in [0, 0.05) is 31.7 Å². The summed E-state index contributed by atoms with van der Waals surface area (Å²) < 4.78 is 0. The Morgan fingerprint density at radius 1 is 1.26 bits per heavy atom. The fourth-order valence-electron chi connectivity index (χ4n) is 1.78. The van der Waals surface area contributed by atoms with Crippen molar-refractivity contribution in [3.05, 3.63) is 35.4 Å². The second-order valence-electron chi connectivity index (χ2n) is 5.32. The number of hydrogen-bond acceptors (Lipinski definition) is 3. The molecule has 0 aliphatic rings. The van der Waals surface area contributed by atoms with E-state index in [1.165, 1.54) is 0 Å². The van der Waals surface area contributed by atoms with E-state index in [0.29, 0.717) is 24.6 Å². The van der Waals surface area contributed by atoms with Crippen LogP contribution < -0.4 is 11.5 Å². The third kappa shape index (κ3) is 4.65. The van der Waals surface area contributed by atoms with Crippen molar-refractivity contribution in [3.63, 3.8) is 0 Å². The van der Waals surface area contributed by atoms with E-state index in [-0.39, 0.29) is 11.9 Å². The molecule has 0 aliphatic heterocycles. The normalized spacial score (nSPS) is 12.5. The third-order valence-corrected chi connectivity index (χ3v) is 3.44. The van der Waals surface area contributed by atoms with E-state index >= 15 is 0 Å². The van der Waals surface area contributed by atoms with Gasteiger partial charge in [0.2, 0.25) is 0 Å². The Morgan fingerprint density at radius 3 is 2.32 bits per heavy atom. The predicted octanol–water partition coefficient (Wildman–Crippen LogP) is 1.59. The van der Waals surface area contributed by atoms with Crippen LogP contribution in [0.5, 0.6) is 0 Å². The minimum Gasteiger partial charge on any atom is -0.342 e. The topological polar surface area (TPSA) is 72.3 Å². The fraction of sp³-hybridized carbons (Fsp3) is 0.533. The molecular weight excluding hydrogens is 238 g/mol. The van der Waals surface area contributed by atoms with Gasteiger partial charge in [0.1, 0.15) is 0 Å². The Balaban J connectivity index is 2.56. The van der Waals surface area contributed by atoms with Crippen LogP contribution in [0.25, 0.3) is 0 Å². The summed E-state index contributed by atoms with van der Waals surface area (Å²) in [5, 5.41) is 0. The predicted molar refractivity (Wildman–Crippen MR) is 78.7 cm³/mol. The summed E-state index contributed by atoms with van der Waals surface area (Å²) in [5.41, 5.74) is 13.2. The molecule has 0 radical (unpaired) electrons. The first kappa shape index (κ1) is 15.7. The molecule has 0 fully saturated rings. The summed E-state index contributed by atoms with van der Waals surface area (Å²) >= 11 is 0. The van der Waals surface area contributed by atoms with Crippen molar-refractivity contribution < 1.29 is 4.79 Å². The van der Waals surface area contributed by atoms with Crippen molar-refractivity contribution >= 4 is 5.91 Å². The molecule has 106 valence electrons. The number of rotatable bonds is 6. The van der Waals surface area contributed by atoms with Gasteiger partial charge < -0.3 is 16.4 Å². The van der Waals surface area contributed by atoms with E-state index in [9.17, 15) is 4.79 Å². The van der Waals surface area contributed by atoms with Crippen LogP contribution in [0.2, 0.25) is 0 Å². The van der Waals surface area contributed by atoms with Crippen LogP contribution in [0.1, 0.15) is 36.2 Å². The highest BCUT2D eigenvalue weighted by atomic mass is 16.2. The molecule has 4 nitrogen and oxygen atoms in total. The summed E-state index contributed by atoms with van der Waals surface area (Å²) in [7, 11) is 1.81. The number of hydrogen-bond donors (Lipinski definition) is 2. The zero-order valence-electron chi connectivity index (χ0n) is 12.1. The number of carbonyl (C=O) groups is 1. The van der Waals surface area contributed by atoms with E-state index < -0.39 is 0 Å². The highest BCUT2D eigenvalue weighted by Gasteiger charge is 2.14. The molecule has 4 N–H and O–H groups in total. The van der Waals surface area contributed by atoms with E-state index in [0.717, 1.165) is 12.0 Å². The molecule has 4 heteroatoms. The molecule has 1 aromatic carbocycles. The van der Waals surface area contributed by atoms with Crippen LogP contribution in [0.15, 0.2) is 24.3 Å². The Kier molecular flexibility index (Phi) is 5.99. The van der Waals surface area contributed by atoms with Gasteiger partial charge in [0.05, 0.1) is 0 Å². The van der Waals surface area contributed by atoms with Gasteiger partial charge in [0.15, 0.2) is 0 Å². The lowest BCUT2D eigenvalue weighted by Gasteiger charge is -2.21. The maximum atomic E-state index is 12.2. The van der Waals surface area contributed by atoms with Crippen molar-refractivity contribution in [1.82, 2.24) is 4.90 Å². The van der Waals surface area contributed by atoms with Gasteiger partial charge in [-0.1, -0.05) is 26.0 Å². The molecule has 0 heterocycles. The second kappa shape index (κ2) is 7.26. The molecule has 1 rings (SSSR count). The van der Waals surface area contributed by atoms with Crippen LogP contribution in [-0.4, -0.2) is 30.4 Å². The van der Waals surface area contributed by atoms with E-state index in [2.05, 4.69) is 13.8 Å². The average molecular weight is 263 g/mol. The minimum absolute atomic E-state index is 0.0273. The maximum absolute atomic E-state index is 12.2. The minimum atomic E-state index is 0.0273. The molecule has 0 aliphatic carbocycles. The largest absolute Gasteiger partial charge is 0.342 e. The van der Waals surface area contributed by atoms with E-state index in [4.69, 9.17) is 11.5 Å². The van der Waals surface area contributed by atoms with Gasteiger partial charge in [-0.2, -0.15) is 0 Å². The molecule has 1 unspecified atom stereocenters. The van der Waals surface area contributed by atoms with E-state index in [1.54, 1.807) is 4.90 Å². The molecule has 0 spiro atoms. The van der Waals surface area contributed by atoms with Crippen molar-refractivity contribution in [3.8, 4) is 0 Å². The highest BCUT2D eigenvalue weighted by molar-refractivity contribution is 5.94. The number of nitrogens with zero attached hydrogens (tertiary/aromatic N) is 1. The van der Waals surface area contributed by atoms with Gasteiger partial charge >= 0.3 is 0 Å². The molecule has 0 saturated heterocycles. The van der Waals surface area contributed by atoms with Crippen molar-refractivity contribution in [1.29, 1.82) is 0 Å². The average Bonchev–Trinajstić information content (AvgIpc) is 2.43. The summed E-state index contributed by atoms with van der Waals surface area (Å²) in [6.45, 7) is 5.36. The first-order valence-electron chi connectivity index (χ1n) is 6.75. The van der Waals surface area contributed by atoms with Gasteiger partial charge in [-0.15, -0.1) is 0 Å². The van der Waals surface area contributed by atoms with Gasteiger partial charge in [-0.05, 0) is 30.0 Å². The molecule has 0 saturated carbocycles. The quantitative estimate of drug-likeness (QED) is 0.818. The standard InChI is InChI=1S/C15H25N3O/c1-11(2)14(17)8-9-18(3)15(19)13-6-4-12(10-16)5-7-13/h4-7,11,14H,8-10,16-17H2,1-3H3. The van der Waals surface area contributed by atoms with Gasteiger partial charge in [0.25, 0.3) is 5.91 Å². The third-order valence-electron chi connectivity index (χ3n) is 3.44. The monoisotopic (exact) mass is 263 g/mol. The van der Waals surface area contributed by atoms with Gasteiger partial charge in [-0.3, -0.25) is 4.79 Å². The molecule has 19 heavy (non-hydrogen) atoms. The summed E-state index contributed by atoms with van der Waals surface area (Å²) in [6.07, 6.45) is 0.820.